The number of ether oxygens (including phenoxy) is 2. The van der Waals surface area contributed by atoms with Crippen LogP contribution in [-0.4, -0.2) is 43.2 Å². The summed E-state index contributed by atoms with van der Waals surface area (Å²) in [7, 11) is 3.14. The van der Waals surface area contributed by atoms with Crippen molar-refractivity contribution in [3.05, 3.63) is 76.1 Å². The van der Waals surface area contributed by atoms with Crippen LogP contribution in [0.15, 0.2) is 59.4 Å². The van der Waals surface area contributed by atoms with E-state index in [1.165, 1.54) is 0 Å². The number of para-hydroxylation sites is 1. The third kappa shape index (κ3) is 4.35. The van der Waals surface area contributed by atoms with Gasteiger partial charge in [0.15, 0.2) is 0 Å². The lowest BCUT2D eigenvalue weighted by atomic mass is 10.1. The standard InChI is InChI=1S/C21H22N2O4/c1-26-11-10-23(21(25)16-7-5-8-18(13-16)27-2)14-17-12-15-6-3-4-9-19(15)22-20(17)24/h3-9,12-13H,10-11,14H2,1-2H3,(H,22,24). The molecule has 6 nitrogen and oxygen atoms in total. The number of nitrogens with one attached hydrogen (secondary N) is 1. The van der Waals surface area contributed by atoms with Gasteiger partial charge < -0.3 is 19.4 Å². The largest absolute Gasteiger partial charge is 0.497 e. The number of aromatic nitrogens is 1. The van der Waals surface area contributed by atoms with Crippen molar-refractivity contribution in [3.63, 3.8) is 0 Å². The van der Waals surface area contributed by atoms with Crippen LogP contribution in [0.4, 0.5) is 0 Å². The number of hydrogen-bond donors (Lipinski definition) is 1. The Hall–Kier alpha value is -3.12. The van der Waals surface area contributed by atoms with Gasteiger partial charge in [0.05, 0.1) is 20.3 Å². The average Bonchev–Trinajstić information content (AvgIpc) is 2.70. The van der Waals surface area contributed by atoms with Gasteiger partial charge in [0.2, 0.25) is 0 Å². The maximum Gasteiger partial charge on any atom is 0.254 e. The summed E-state index contributed by atoms with van der Waals surface area (Å²) in [6.45, 7) is 0.944. The van der Waals surface area contributed by atoms with E-state index in [0.717, 1.165) is 10.9 Å². The van der Waals surface area contributed by atoms with Crippen LogP contribution in [0.2, 0.25) is 0 Å². The number of benzene rings is 2. The Bertz CT molecular complexity index is 997. The van der Waals surface area contributed by atoms with Gasteiger partial charge >= 0.3 is 0 Å². The molecule has 1 N–H and O–H groups in total. The molecule has 3 aromatic rings. The highest BCUT2D eigenvalue weighted by Crippen LogP contribution is 2.16. The molecule has 0 aliphatic carbocycles. The SMILES string of the molecule is COCCN(Cc1cc2ccccc2[nH]c1=O)C(=O)c1cccc(OC)c1. The number of nitrogens with zero attached hydrogens (tertiary/aromatic N) is 1. The molecule has 0 unspecified atom stereocenters. The van der Waals surface area contributed by atoms with Crippen LogP contribution >= 0.6 is 0 Å². The molecule has 140 valence electrons. The Balaban J connectivity index is 1.92. The van der Waals surface area contributed by atoms with Crippen molar-refractivity contribution in [2.75, 3.05) is 27.4 Å². The van der Waals surface area contributed by atoms with Gasteiger partial charge in [-0.25, -0.2) is 0 Å². The van der Waals surface area contributed by atoms with Crippen LogP contribution in [-0.2, 0) is 11.3 Å². The second kappa shape index (κ2) is 8.51. The van der Waals surface area contributed by atoms with Crippen LogP contribution in [0.3, 0.4) is 0 Å². The summed E-state index contributed by atoms with van der Waals surface area (Å²) in [5, 5.41) is 0.924. The summed E-state index contributed by atoms with van der Waals surface area (Å²) in [5.74, 6) is 0.426. The highest BCUT2D eigenvalue weighted by molar-refractivity contribution is 5.94. The molecule has 0 bridgehead atoms. The minimum absolute atomic E-state index is 0.182. The van der Waals surface area contributed by atoms with Gasteiger partial charge in [-0.1, -0.05) is 24.3 Å². The summed E-state index contributed by atoms with van der Waals surface area (Å²) < 4.78 is 10.3. The van der Waals surface area contributed by atoms with Crippen LogP contribution in [0.5, 0.6) is 5.75 Å². The molecule has 3 rings (SSSR count). The Labute approximate surface area is 157 Å². The van der Waals surface area contributed by atoms with E-state index in [2.05, 4.69) is 4.98 Å². The predicted octanol–water partition coefficient (Wildman–Crippen LogP) is 2.83. The molecule has 0 fully saturated rings. The third-order valence-electron chi connectivity index (χ3n) is 4.36. The molecule has 0 saturated heterocycles. The molecular weight excluding hydrogens is 344 g/mol. The van der Waals surface area contributed by atoms with E-state index < -0.39 is 0 Å². The van der Waals surface area contributed by atoms with Gasteiger partial charge in [-0.2, -0.15) is 0 Å². The molecule has 0 saturated carbocycles. The molecule has 1 heterocycles. The number of H-pyrrole nitrogens is 1. The maximum atomic E-state index is 13.0. The summed E-state index contributed by atoms with van der Waals surface area (Å²) in [6.07, 6.45) is 0. The zero-order valence-corrected chi connectivity index (χ0v) is 15.4. The van der Waals surface area contributed by atoms with Crippen molar-refractivity contribution in [2.45, 2.75) is 6.54 Å². The molecule has 27 heavy (non-hydrogen) atoms. The zero-order valence-electron chi connectivity index (χ0n) is 15.4. The van der Waals surface area contributed by atoms with Crippen molar-refractivity contribution in [3.8, 4) is 5.75 Å². The number of amides is 1. The second-order valence-electron chi connectivity index (χ2n) is 6.16. The van der Waals surface area contributed by atoms with Crippen molar-refractivity contribution >= 4 is 16.8 Å². The van der Waals surface area contributed by atoms with Crippen LogP contribution in [0.25, 0.3) is 10.9 Å². The van der Waals surface area contributed by atoms with Gasteiger partial charge in [0.25, 0.3) is 11.5 Å². The van der Waals surface area contributed by atoms with Crippen molar-refractivity contribution in [1.29, 1.82) is 0 Å². The molecule has 0 spiro atoms. The van der Waals surface area contributed by atoms with Crippen LogP contribution in [0, 0.1) is 0 Å². The average molecular weight is 366 g/mol. The summed E-state index contributed by atoms with van der Waals surface area (Å²) in [4.78, 5) is 29.9. The predicted molar refractivity (Wildman–Crippen MR) is 104 cm³/mol. The quantitative estimate of drug-likeness (QED) is 0.698. The number of carbonyl (C=O) groups is 1. The zero-order chi connectivity index (χ0) is 19.2. The Morgan fingerprint density at radius 2 is 1.89 bits per heavy atom. The molecule has 0 radical (unpaired) electrons. The number of pyridine rings is 1. The van der Waals surface area contributed by atoms with Crippen molar-refractivity contribution < 1.29 is 14.3 Å². The van der Waals surface area contributed by atoms with E-state index in [1.807, 2.05) is 30.3 Å². The first-order valence-electron chi connectivity index (χ1n) is 8.65. The Morgan fingerprint density at radius 3 is 2.67 bits per heavy atom. The fraction of sp³-hybridized carbons (Fsp3) is 0.238. The molecular formula is C21H22N2O4. The van der Waals surface area contributed by atoms with Gasteiger partial charge in [0, 0.05) is 30.3 Å². The van der Waals surface area contributed by atoms with Crippen LogP contribution in [0.1, 0.15) is 15.9 Å². The van der Waals surface area contributed by atoms with Crippen LogP contribution < -0.4 is 10.3 Å². The monoisotopic (exact) mass is 366 g/mol. The highest BCUT2D eigenvalue weighted by atomic mass is 16.5. The number of rotatable bonds is 7. The number of carbonyl (C=O) groups excluding carboxylic acids is 1. The summed E-state index contributed by atoms with van der Waals surface area (Å²) >= 11 is 0. The topological polar surface area (TPSA) is 71.6 Å². The second-order valence-corrected chi connectivity index (χ2v) is 6.16. The van der Waals surface area contributed by atoms with E-state index in [4.69, 9.17) is 9.47 Å². The molecule has 0 aliphatic rings. The number of aromatic amines is 1. The molecule has 0 aliphatic heterocycles. The summed E-state index contributed by atoms with van der Waals surface area (Å²) in [6, 6.07) is 16.4. The van der Waals surface area contributed by atoms with Gasteiger partial charge in [0.1, 0.15) is 5.75 Å². The lowest BCUT2D eigenvalue weighted by molar-refractivity contribution is 0.0679. The molecule has 1 aromatic heterocycles. The first kappa shape index (κ1) is 18.7. The molecule has 6 heteroatoms. The molecule has 0 atom stereocenters. The lowest BCUT2D eigenvalue weighted by Gasteiger charge is -2.22. The fourth-order valence-corrected chi connectivity index (χ4v) is 2.91. The minimum atomic E-state index is -0.199. The highest BCUT2D eigenvalue weighted by Gasteiger charge is 2.18. The van der Waals surface area contributed by atoms with Gasteiger partial charge in [-0.15, -0.1) is 0 Å². The normalized spacial score (nSPS) is 10.7. The fourth-order valence-electron chi connectivity index (χ4n) is 2.91. The third-order valence-corrected chi connectivity index (χ3v) is 4.36. The molecule has 1 amide bonds. The Morgan fingerprint density at radius 1 is 1.07 bits per heavy atom. The summed E-state index contributed by atoms with van der Waals surface area (Å²) in [5.41, 5.74) is 1.60. The Kier molecular flexibility index (Phi) is 5.88. The van der Waals surface area contributed by atoms with Gasteiger partial charge in [-0.3, -0.25) is 9.59 Å². The number of fused-ring (bicyclic) bond motifs is 1. The van der Waals surface area contributed by atoms with Gasteiger partial charge in [-0.05, 0) is 35.7 Å². The maximum absolute atomic E-state index is 13.0. The number of methoxy groups -OCH3 is 2. The van der Waals surface area contributed by atoms with Crippen molar-refractivity contribution in [2.24, 2.45) is 0 Å². The minimum Gasteiger partial charge on any atom is -0.497 e. The van der Waals surface area contributed by atoms with E-state index >= 15 is 0 Å². The smallest absolute Gasteiger partial charge is 0.254 e. The van der Waals surface area contributed by atoms with Crippen molar-refractivity contribution in [1.82, 2.24) is 9.88 Å². The number of hydrogen-bond acceptors (Lipinski definition) is 4. The first-order chi connectivity index (χ1) is 13.1. The van der Waals surface area contributed by atoms with E-state index in [1.54, 1.807) is 43.4 Å². The van der Waals surface area contributed by atoms with E-state index in [-0.39, 0.29) is 18.0 Å². The van der Waals surface area contributed by atoms with E-state index in [0.29, 0.717) is 30.0 Å². The lowest BCUT2D eigenvalue weighted by Crippen LogP contribution is -2.35. The van der Waals surface area contributed by atoms with E-state index in [9.17, 15) is 9.59 Å². The molecule has 2 aromatic carbocycles. The first-order valence-corrected chi connectivity index (χ1v) is 8.65.